The molecule has 0 radical (unpaired) electrons. The number of carbonyl (C=O) groups excluding carboxylic acids is 1. The minimum Gasteiger partial charge on any atom is -0.493 e. The van der Waals surface area contributed by atoms with Crippen molar-refractivity contribution in [1.82, 2.24) is 5.32 Å². The number of nitrogens with one attached hydrogen (secondary N) is 1. The number of ether oxygens (including phenoxy) is 1. The van der Waals surface area contributed by atoms with E-state index in [-0.39, 0.29) is 0 Å². The summed E-state index contributed by atoms with van der Waals surface area (Å²) in [6.07, 6.45) is 4.18. The number of aliphatic carboxylic acids is 1. The normalized spacial score (nSPS) is 12.9. The van der Waals surface area contributed by atoms with Crippen LogP contribution < -0.4 is 10.1 Å². The van der Waals surface area contributed by atoms with Gasteiger partial charge in [-0.15, -0.1) is 0 Å². The Labute approximate surface area is 159 Å². The highest BCUT2D eigenvalue weighted by Gasteiger charge is 2.20. The van der Waals surface area contributed by atoms with Gasteiger partial charge in [0.25, 0.3) is 0 Å². The van der Waals surface area contributed by atoms with Crippen molar-refractivity contribution in [2.75, 3.05) is 6.61 Å². The number of carboxylic acid groups (broad SMARTS) is 1. The van der Waals surface area contributed by atoms with Gasteiger partial charge in [0.1, 0.15) is 17.4 Å². The molecule has 0 saturated carbocycles. The molecule has 2 N–H and O–H groups in total. The van der Waals surface area contributed by atoms with Crippen LogP contribution >= 0.6 is 0 Å². The summed E-state index contributed by atoms with van der Waals surface area (Å²) >= 11 is 0. The van der Waals surface area contributed by atoms with Crippen LogP contribution in [0.1, 0.15) is 50.3 Å². The fraction of sp³-hybridized carbons (Fsp3) is 0.429. The van der Waals surface area contributed by atoms with Gasteiger partial charge in [-0.05, 0) is 51.3 Å². The molecule has 0 bridgehead atoms. The Bertz CT molecular complexity index is 878. The van der Waals surface area contributed by atoms with E-state index in [4.69, 9.17) is 9.15 Å². The number of benzene rings is 1. The number of fused-ring (bicyclic) bond motifs is 1. The average molecular weight is 373 g/mol. The maximum absolute atomic E-state index is 12.3. The van der Waals surface area contributed by atoms with Crippen LogP contribution in [0.5, 0.6) is 5.75 Å². The Kier molecular flexibility index (Phi) is 6.66. The van der Waals surface area contributed by atoms with Gasteiger partial charge in [0.05, 0.1) is 12.9 Å². The Hall–Kier alpha value is -2.76. The molecule has 0 spiro atoms. The van der Waals surface area contributed by atoms with Gasteiger partial charge < -0.3 is 19.6 Å². The summed E-state index contributed by atoms with van der Waals surface area (Å²) in [5.41, 5.74) is 4.14. The molecule has 0 saturated heterocycles. The monoisotopic (exact) mass is 373 g/mol. The van der Waals surface area contributed by atoms with Crippen LogP contribution in [0, 0.1) is 13.8 Å². The van der Waals surface area contributed by atoms with E-state index in [2.05, 4.69) is 5.32 Å². The Morgan fingerprint density at radius 1 is 1.33 bits per heavy atom. The summed E-state index contributed by atoms with van der Waals surface area (Å²) in [5, 5.41) is 12.7. The SMILES string of the molecule is CCCC(NC(=O)/C=C(\C)c1cc2c(C)coc2c(C)c1OCC)C(=O)O. The highest BCUT2D eigenvalue weighted by Crippen LogP contribution is 2.37. The van der Waals surface area contributed by atoms with Crippen molar-refractivity contribution in [3.8, 4) is 5.75 Å². The first kappa shape index (κ1) is 20.6. The highest BCUT2D eigenvalue weighted by atomic mass is 16.5. The van der Waals surface area contributed by atoms with E-state index in [9.17, 15) is 14.7 Å². The molecule has 1 unspecified atom stereocenters. The molecule has 0 aliphatic rings. The van der Waals surface area contributed by atoms with Gasteiger partial charge in [0, 0.05) is 22.6 Å². The number of aryl methyl sites for hydroxylation is 2. The van der Waals surface area contributed by atoms with Crippen molar-refractivity contribution in [2.24, 2.45) is 0 Å². The summed E-state index contributed by atoms with van der Waals surface area (Å²) < 4.78 is 11.5. The van der Waals surface area contributed by atoms with Gasteiger partial charge >= 0.3 is 5.97 Å². The van der Waals surface area contributed by atoms with Crippen molar-refractivity contribution in [1.29, 1.82) is 0 Å². The number of furan rings is 1. The first-order chi connectivity index (χ1) is 12.8. The van der Waals surface area contributed by atoms with E-state index < -0.39 is 17.9 Å². The van der Waals surface area contributed by atoms with Gasteiger partial charge in [-0.25, -0.2) is 4.79 Å². The van der Waals surface area contributed by atoms with Gasteiger partial charge in [0.2, 0.25) is 5.91 Å². The number of rotatable bonds is 8. The smallest absolute Gasteiger partial charge is 0.326 e. The molecule has 146 valence electrons. The van der Waals surface area contributed by atoms with Gasteiger partial charge in [-0.2, -0.15) is 0 Å². The Morgan fingerprint density at radius 3 is 2.63 bits per heavy atom. The van der Waals surface area contributed by atoms with Crippen LogP contribution in [0.2, 0.25) is 0 Å². The second-order valence-corrected chi connectivity index (χ2v) is 6.62. The molecule has 0 fully saturated rings. The summed E-state index contributed by atoms with van der Waals surface area (Å²) in [6.45, 7) is 9.96. The molecule has 0 aliphatic heterocycles. The number of hydrogen-bond donors (Lipinski definition) is 2. The van der Waals surface area contributed by atoms with Crippen LogP contribution in [-0.2, 0) is 9.59 Å². The molecule has 0 aliphatic carbocycles. The molecule has 27 heavy (non-hydrogen) atoms. The third-order valence-corrected chi connectivity index (χ3v) is 4.49. The van der Waals surface area contributed by atoms with Crippen molar-refractivity contribution < 1.29 is 23.8 Å². The van der Waals surface area contributed by atoms with Crippen molar-refractivity contribution in [3.05, 3.63) is 35.1 Å². The van der Waals surface area contributed by atoms with Crippen molar-refractivity contribution in [2.45, 2.75) is 53.5 Å². The minimum atomic E-state index is -1.03. The maximum atomic E-state index is 12.3. The lowest BCUT2D eigenvalue weighted by atomic mass is 9.98. The molecule has 6 heteroatoms. The van der Waals surface area contributed by atoms with Crippen molar-refractivity contribution >= 4 is 28.4 Å². The van der Waals surface area contributed by atoms with Crippen LogP contribution in [-0.4, -0.2) is 29.6 Å². The van der Waals surface area contributed by atoms with Crippen LogP contribution in [0.25, 0.3) is 16.5 Å². The van der Waals surface area contributed by atoms with Gasteiger partial charge in [-0.1, -0.05) is 13.3 Å². The number of hydrogen-bond acceptors (Lipinski definition) is 4. The highest BCUT2D eigenvalue weighted by molar-refractivity contribution is 5.99. The van der Waals surface area contributed by atoms with E-state index in [1.807, 2.05) is 40.7 Å². The molecular weight excluding hydrogens is 346 g/mol. The zero-order chi connectivity index (χ0) is 20.1. The molecule has 1 aromatic heterocycles. The molecule has 6 nitrogen and oxygen atoms in total. The van der Waals surface area contributed by atoms with E-state index in [0.29, 0.717) is 30.8 Å². The fourth-order valence-corrected chi connectivity index (χ4v) is 3.10. The lowest BCUT2D eigenvalue weighted by Gasteiger charge is -2.15. The van der Waals surface area contributed by atoms with Gasteiger partial charge in [-0.3, -0.25) is 4.79 Å². The van der Waals surface area contributed by atoms with Crippen LogP contribution in [0.4, 0.5) is 0 Å². The second-order valence-electron chi connectivity index (χ2n) is 6.62. The largest absolute Gasteiger partial charge is 0.493 e. The number of allylic oxidation sites excluding steroid dienone is 1. The molecular formula is C21H27NO5. The molecule has 1 aromatic carbocycles. The van der Waals surface area contributed by atoms with Crippen LogP contribution in [0.3, 0.4) is 0 Å². The first-order valence-electron chi connectivity index (χ1n) is 9.16. The van der Waals surface area contributed by atoms with E-state index in [1.165, 1.54) is 6.08 Å². The van der Waals surface area contributed by atoms with Gasteiger partial charge in [0.15, 0.2) is 0 Å². The first-order valence-corrected chi connectivity index (χ1v) is 9.16. The molecule has 1 heterocycles. The number of amides is 1. The minimum absolute atomic E-state index is 0.386. The standard InChI is InChI=1S/C21H27NO5/c1-6-8-17(21(24)25)22-18(23)9-12(3)15-10-16-13(4)11-27-20(16)14(5)19(15)26-7-2/h9-11,17H,6-8H2,1-5H3,(H,22,23)(H,24,25)/b12-9+. The zero-order valence-electron chi connectivity index (χ0n) is 16.5. The number of carbonyl (C=O) groups is 2. The quantitative estimate of drug-likeness (QED) is 0.676. The van der Waals surface area contributed by atoms with E-state index in [1.54, 1.807) is 6.26 Å². The summed E-state index contributed by atoms with van der Waals surface area (Å²) in [7, 11) is 0. The van der Waals surface area contributed by atoms with E-state index >= 15 is 0 Å². The van der Waals surface area contributed by atoms with Crippen molar-refractivity contribution in [3.63, 3.8) is 0 Å². The molecule has 1 amide bonds. The predicted molar refractivity (Wildman–Crippen MR) is 105 cm³/mol. The Morgan fingerprint density at radius 2 is 2.04 bits per heavy atom. The summed E-state index contributed by atoms with van der Waals surface area (Å²) in [5.74, 6) is -0.792. The zero-order valence-corrected chi connectivity index (χ0v) is 16.5. The molecule has 2 rings (SSSR count). The topological polar surface area (TPSA) is 88.8 Å². The van der Waals surface area contributed by atoms with Crippen LogP contribution in [0.15, 0.2) is 22.8 Å². The predicted octanol–water partition coefficient (Wildman–Crippen LogP) is 4.22. The third kappa shape index (κ3) is 4.51. The molecule has 2 aromatic rings. The third-order valence-electron chi connectivity index (χ3n) is 4.49. The fourth-order valence-electron chi connectivity index (χ4n) is 3.10. The lowest BCUT2D eigenvalue weighted by molar-refractivity contribution is -0.141. The molecule has 1 atom stereocenters. The lowest BCUT2D eigenvalue weighted by Crippen LogP contribution is -2.39. The number of carboxylic acids is 1. The van der Waals surface area contributed by atoms with E-state index in [0.717, 1.165) is 27.7 Å². The Balaban J connectivity index is 2.42. The summed E-state index contributed by atoms with van der Waals surface area (Å²) in [6, 6.07) is 1.06. The average Bonchev–Trinajstić information content (AvgIpc) is 2.98. The summed E-state index contributed by atoms with van der Waals surface area (Å²) in [4.78, 5) is 23.6. The maximum Gasteiger partial charge on any atom is 0.326 e. The second kappa shape index (κ2) is 8.75.